The molecule has 0 bridgehead atoms. The number of phenols is 1. The minimum atomic E-state index is -1.50. The number of aromatic hydroxyl groups is 1. The summed E-state index contributed by atoms with van der Waals surface area (Å²) >= 11 is 6.67. The molecule has 10 aromatic carbocycles. The Labute approximate surface area is 854 Å². The number of aliphatic carboxylic acids is 1. The van der Waals surface area contributed by atoms with Crippen LogP contribution < -0.4 is 33.8 Å². The molecule has 0 spiro atoms. The van der Waals surface area contributed by atoms with Gasteiger partial charge in [0.2, 0.25) is 0 Å². The number of halogens is 2. The van der Waals surface area contributed by atoms with E-state index in [0.29, 0.717) is 58.0 Å². The second-order valence-corrected chi connectivity index (χ2v) is 38.4. The van der Waals surface area contributed by atoms with Gasteiger partial charge in [-0.3, -0.25) is 40.2 Å². The SMILES string of the molecule is CC(C)(Oc1ccc2cncc(-c3ccc(C#N)cc3)c2c1)C(=O)O.CC1(C)OB(B2OC(C)(C)C(C)(C)O2)OC1(C)C.CCOC(=O)C(C)(C)Br.CCOC(=O)C(C)(C)Oc1ccc2cncc(-c3ccc(C#N)cc3)c2c1.N#Cc1ccc(-c2cncc3ccc(B(O)O)cc23)cc1.N#Cc1ccc(-c2cncc3ccc(Br)cc23)cc1.N#Cc1ccc(-c2cncc3ccc(O)cc23)cc1.OO.[Li+].[OH-]. The predicted octanol–water partition coefficient (Wildman–Crippen LogP) is 18.8. The minimum Gasteiger partial charge on any atom is -0.870 e. The van der Waals surface area contributed by atoms with Gasteiger partial charge in [-0.05, 0) is 298 Å². The molecule has 0 unspecified atom stereocenters. The van der Waals surface area contributed by atoms with Gasteiger partial charge in [-0.2, -0.15) is 26.3 Å². The summed E-state index contributed by atoms with van der Waals surface area (Å²) in [5.74, 6) is -0.386. The molecule has 2 aliphatic heterocycles. The fourth-order valence-electron chi connectivity index (χ4n) is 14.1. The van der Waals surface area contributed by atoms with E-state index in [4.69, 9.17) is 74.4 Å². The summed E-state index contributed by atoms with van der Waals surface area (Å²) < 4.78 is 45.7. The normalized spacial score (nSPS) is 13.1. The molecule has 0 atom stereocenters. The van der Waals surface area contributed by atoms with Crippen molar-refractivity contribution in [1.82, 2.24) is 24.9 Å². The topological polar surface area (TPSA) is 460 Å². The monoisotopic (exact) mass is 2030 g/mol. The van der Waals surface area contributed by atoms with Crippen molar-refractivity contribution in [1.29, 1.82) is 26.3 Å². The second-order valence-electron chi connectivity index (χ2n) is 35.5. The first-order chi connectivity index (χ1) is 66.4. The molecule has 0 saturated carbocycles. The van der Waals surface area contributed by atoms with Crippen LogP contribution in [0.1, 0.15) is 139 Å². The van der Waals surface area contributed by atoms with E-state index in [-0.39, 0.29) is 58.5 Å². The molecule has 2 fully saturated rings. The van der Waals surface area contributed by atoms with Gasteiger partial charge in [-0.25, -0.2) is 9.59 Å². The number of carbonyl (C=O) groups excluding carboxylic acids is 2. The van der Waals surface area contributed by atoms with Crippen molar-refractivity contribution in [2.75, 3.05) is 13.2 Å². The van der Waals surface area contributed by atoms with Crippen LogP contribution in [-0.4, -0.2) is 151 Å². The summed E-state index contributed by atoms with van der Waals surface area (Å²) in [5, 5.41) is 104. The maximum atomic E-state index is 12.1. The Morgan fingerprint density at radius 3 is 0.923 bits per heavy atom. The Balaban J connectivity index is 0.000000204. The third-order valence-electron chi connectivity index (χ3n) is 23.2. The molecule has 17 rings (SSSR count). The number of fused-ring (bicyclic) bond motifs is 5. The van der Waals surface area contributed by atoms with Crippen molar-refractivity contribution >= 4 is 130 Å². The Kier molecular flexibility index (Phi) is 39.7. The number of benzene rings is 10. The number of carboxylic acid groups (broad SMARTS) is 1. The zero-order valence-electron chi connectivity index (χ0n) is 81.5. The van der Waals surface area contributed by atoms with E-state index in [0.717, 1.165) is 114 Å². The van der Waals surface area contributed by atoms with E-state index < -0.39 is 48.6 Å². The van der Waals surface area contributed by atoms with Gasteiger partial charge in [-0.15, -0.1) is 0 Å². The third kappa shape index (κ3) is 28.9. The molecular formula is C108H104B3Br2LiN10O18. The van der Waals surface area contributed by atoms with Crippen molar-refractivity contribution in [2.24, 2.45) is 0 Å². The Morgan fingerprint density at radius 2 is 0.648 bits per heavy atom. The van der Waals surface area contributed by atoms with Crippen LogP contribution in [0.2, 0.25) is 0 Å². The van der Waals surface area contributed by atoms with E-state index in [1.165, 1.54) is 13.8 Å². The molecule has 7 heterocycles. The predicted molar refractivity (Wildman–Crippen MR) is 551 cm³/mol. The van der Waals surface area contributed by atoms with Crippen LogP contribution in [0.4, 0.5) is 0 Å². The number of carboxylic acids is 1. The van der Waals surface area contributed by atoms with Gasteiger partial charge in [0.05, 0.1) is 93.8 Å². The van der Waals surface area contributed by atoms with Gasteiger partial charge in [0.25, 0.3) is 0 Å². The molecule has 34 heteroatoms. The maximum absolute atomic E-state index is 12.1. The first-order valence-electron chi connectivity index (χ1n) is 44.1. The number of esters is 2. The smallest absolute Gasteiger partial charge is 0.870 e. The number of pyridine rings is 5. The molecule has 718 valence electrons. The van der Waals surface area contributed by atoms with E-state index >= 15 is 0 Å². The van der Waals surface area contributed by atoms with Gasteiger partial charge in [-0.1, -0.05) is 117 Å². The fourth-order valence-corrected chi connectivity index (χ4v) is 14.6. The summed E-state index contributed by atoms with van der Waals surface area (Å²) in [4.78, 5) is 55.5. The van der Waals surface area contributed by atoms with E-state index in [2.05, 4.69) is 93.2 Å². The Bertz CT molecular complexity index is 6970. The fraction of sp³-hybridized carbons (Fsp3) is 0.231. The van der Waals surface area contributed by atoms with E-state index in [9.17, 15) is 34.6 Å². The summed E-state index contributed by atoms with van der Waals surface area (Å²) in [7, 11) is -2.46. The molecule has 2 aliphatic rings. The molecule has 7 N–H and O–H groups in total. The van der Waals surface area contributed by atoms with Crippen LogP contribution in [0.15, 0.2) is 279 Å². The standard InChI is InChI=1S/C22H20N2O3.C20H16N2O3.C16H11BN2O2.C16H9BrN2.C16H10N2O.C12H24B2O4.C6H11BrO2.Li.H2O2.H2O/c1-4-26-21(25)22(2,3)27-18-10-9-17-13-24-14-20(19(17)11-18)16-7-5-15(12-23)6-8-16;1-20(2,19(23)24)25-16-8-7-15-11-22-12-18(17(15)9-16)14-5-3-13(10-21)4-6-14;18-8-11-1-3-12(4-2-11)16-10-19-9-13-5-6-14(17(20)21)7-15(13)16;17-14-6-5-13-9-19-10-16(15(13)7-14)12-3-1-11(8-18)2-4-12;17-8-11-1-3-12(4-2-11)16-10-18-9-13-5-6-14(19)7-15(13)16;1-9(2)10(3,4)16-13(15-9)14-17-11(5,6)12(7,8)18-14;1-4-9-5(8)6(2,3)7;;1-2;/h5-11,13-14H,4H2,1-3H3;3-9,11-12H,1-2H3,(H,23,24);1-7,9-10,20-21H;1-7,9-10H;1-7,9-10,19H;1-8H3;4H2,1-3H3;;1-2H;1H2/q;;;;;;;+1;;/p-1. The van der Waals surface area contributed by atoms with Gasteiger partial charge >= 0.3 is 57.9 Å². The van der Waals surface area contributed by atoms with Crippen LogP contribution in [0.3, 0.4) is 0 Å². The summed E-state index contributed by atoms with van der Waals surface area (Å²) in [5.41, 5.74) is 9.22. The van der Waals surface area contributed by atoms with Crippen LogP contribution >= 0.6 is 31.9 Å². The second kappa shape index (κ2) is 49.8. The first kappa shape index (κ1) is 113. The molecule has 0 radical (unpaired) electrons. The van der Waals surface area contributed by atoms with E-state index in [1.807, 2.05) is 195 Å². The summed E-state index contributed by atoms with van der Waals surface area (Å²) in [6, 6.07) is 74.8. The largest absolute Gasteiger partial charge is 1.00 e. The number of rotatable bonds is 16. The molecule has 5 aromatic heterocycles. The van der Waals surface area contributed by atoms with Crippen molar-refractivity contribution in [2.45, 2.75) is 149 Å². The molecule has 142 heavy (non-hydrogen) atoms. The Hall–Kier alpha value is -14.1. The van der Waals surface area contributed by atoms with Crippen LogP contribution in [0.5, 0.6) is 17.2 Å². The van der Waals surface area contributed by atoms with Gasteiger partial charge < -0.3 is 63.3 Å². The molecule has 28 nitrogen and oxygen atoms in total. The number of ether oxygens (including phenoxy) is 4. The van der Waals surface area contributed by atoms with Gasteiger partial charge in [0, 0.05) is 121 Å². The van der Waals surface area contributed by atoms with Crippen molar-refractivity contribution in [3.05, 3.63) is 307 Å². The average Bonchev–Trinajstić information content (AvgIpc) is 1.59. The molecule has 0 amide bonds. The number of nitrogens with zero attached hydrogens (tertiary/aromatic N) is 10. The zero-order valence-corrected chi connectivity index (χ0v) is 84.6. The number of hydrogen-bond acceptors (Lipinski definition) is 27. The van der Waals surface area contributed by atoms with Crippen LogP contribution in [0, 0.1) is 56.7 Å². The number of carbonyl (C=O) groups is 3. The van der Waals surface area contributed by atoms with Crippen LogP contribution in [0.25, 0.3) is 109 Å². The van der Waals surface area contributed by atoms with Crippen molar-refractivity contribution in [3.63, 3.8) is 0 Å². The third-order valence-corrected chi connectivity index (χ3v) is 24.0. The van der Waals surface area contributed by atoms with Crippen molar-refractivity contribution < 1.29 is 107 Å². The van der Waals surface area contributed by atoms with Gasteiger partial charge in [0.1, 0.15) is 21.6 Å². The molecule has 0 aliphatic carbocycles. The number of hydrogen-bond donors (Lipinski definition) is 6. The average molecular weight is 2030 g/mol. The molecular weight excluding hydrogens is 1920 g/mol. The summed E-state index contributed by atoms with van der Waals surface area (Å²) in [6.45, 7) is 30.4. The minimum absolute atomic E-state index is 0. The maximum Gasteiger partial charge on any atom is 1.00 e. The molecule has 2 saturated heterocycles. The van der Waals surface area contributed by atoms with Crippen molar-refractivity contribution in [3.8, 4) is 103 Å². The number of nitriles is 5. The Morgan fingerprint density at radius 1 is 0.387 bits per heavy atom. The zero-order chi connectivity index (χ0) is 102. The number of aromatic nitrogens is 5. The number of phenolic OH excluding ortho intramolecular Hbond substituents is 1. The van der Waals surface area contributed by atoms with Gasteiger partial charge in [0.15, 0.2) is 11.2 Å². The van der Waals surface area contributed by atoms with Crippen LogP contribution in [-0.2, 0) is 42.5 Å². The number of alkyl halides is 1. The quantitative estimate of drug-likeness (QED) is 0.0172. The van der Waals surface area contributed by atoms with E-state index in [1.54, 1.807) is 170 Å². The summed E-state index contributed by atoms with van der Waals surface area (Å²) in [6.07, 6.45) is 17.8. The first-order valence-corrected chi connectivity index (χ1v) is 45.7. The molecule has 15 aromatic rings.